The van der Waals surface area contributed by atoms with Gasteiger partial charge >= 0.3 is 0 Å². The van der Waals surface area contributed by atoms with E-state index in [9.17, 15) is 9.59 Å². The molecule has 1 aromatic carbocycles. The number of Topliss-reactive ketones (excluding diaryl/α,β-unsaturated/α-hetero) is 1. The minimum absolute atomic E-state index is 0.278. The van der Waals surface area contributed by atoms with Gasteiger partial charge in [-0.15, -0.1) is 0 Å². The molecule has 0 aliphatic rings. The molecule has 0 aliphatic carbocycles. The van der Waals surface area contributed by atoms with Crippen LogP contribution in [0.25, 0.3) is 0 Å². The molecule has 0 unspecified atom stereocenters. The fraction of sp³-hybridized carbons (Fsp3) is 0.200. The molecule has 0 saturated heterocycles. The molecular weight excluding hydrogens is 166 g/mol. The van der Waals surface area contributed by atoms with Crippen molar-refractivity contribution in [1.82, 2.24) is 0 Å². The highest BCUT2D eigenvalue weighted by molar-refractivity contribution is 6.34. The van der Waals surface area contributed by atoms with Crippen LogP contribution < -0.4 is 5.73 Å². The fourth-order valence-electron chi connectivity index (χ4n) is 1.12. The maximum absolute atomic E-state index is 11.0. The van der Waals surface area contributed by atoms with Crippen molar-refractivity contribution in [2.45, 2.75) is 13.8 Å². The highest BCUT2D eigenvalue weighted by Crippen LogP contribution is 2.17. The van der Waals surface area contributed by atoms with E-state index in [1.54, 1.807) is 12.1 Å². The SMILES string of the molecule is Cc1cc(N)c(C(=O)C=O)cc1C. The Balaban J connectivity index is 3.31. The Morgan fingerprint density at radius 3 is 2.38 bits per heavy atom. The maximum Gasteiger partial charge on any atom is 0.227 e. The number of nitrogen functional groups attached to an aromatic ring is 1. The number of carbonyl (C=O) groups excluding carboxylic acids is 2. The Morgan fingerprint density at radius 2 is 1.85 bits per heavy atom. The van der Waals surface area contributed by atoms with Gasteiger partial charge in [-0.2, -0.15) is 0 Å². The predicted octanol–water partition coefficient (Wildman–Crippen LogP) is 1.27. The number of hydrogen-bond acceptors (Lipinski definition) is 3. The van der Waals surface area contributed by atoms with E-state index in [2.05, 4.69) is 0 Å². The zero-order chi connectivity index (χ0) is 10.0. The molecule has 13 heavy (non-hydrogen) atoms. The minimum Gasteiger partial charge on any atom is -0.398 e. The van der Waals surface area contributed by atoms with E-state index in [0.717, 1.165) is 11.1 Å². The van der Waals surface area contributed by atoms with Crippen molar-refractivity contribution in [3.05, 3.63) is 28.8 Å². The number of rotatable bonds is 2. The van der Waals surface area contributed by atoms with Crippen molar-refractivity contribution in [2.24, 2.45) is 0 Å². The van der Waals surface area contributed by atoms with Crippen molar-refractivity contribution in [2.75, 3.05) is 5.73 Å². The highest BCUT2D eigenvalue weighted by Gasteiger charge is 2.09. The van der Waals surface area contributed by atoms with Gasteiger partial charge in [-0.1, -0.05) is 0 Å². The van der Waals surface area contributed by atoms with E-state index in [1.807, 2.05) is 13.8 Å². The van der Waals surface area contributed by atoms with Crippen LogP contribution in [0.1, 0.15) is 21.5 Å². The van der Waals surface area contributed by atoms with Gasteiger partial charge in [0, 0.05) is 11.3 Å². The normalized spacial score (nSPS) is 9.69. The largest absolute Gasteiger partial charge is 0.398 e. The average Bonchev–Trinajstić information content (AvgIpc) is 2.10. The molecule has 0 atom stereocenters. The number of aldehydes is 1. The van der Waals surface area contributed by atoms with Gasteiger partial charge in [0.1, 0.15) is 0 Å². The van der Waals surface area contributed by atoms with Gasteiger partial charge in [-0.05, 0) is 37.1 Å². The topological polar surface area (TPSA) is 60.2 Å². The fourth-order valence-corrected chi connectivity index (χ4v) is 1.12. The quantitative estimate of drug-likeness (QED) is 0.320. The number of benzene rings is 1. The summed E-state index contributed by atoms with van der Waals surface area (Å²) in [7, 11) is 0. The Kier molecular flexibility index (Phi) is 2.46. The Hall–Kier alpha value is -1.64. The Bertz CT molecular complexity index is 369. The highest BCUT2D eigenvalue weighted by atomic mass is 16.2. The second-order valence-electron chi connectivity index (χ2n) is 3.01. The van der Waals surface area contributed by atoms with Crippen LogP contribution in [0.4, 0.5) is 5.69 Å². The van der Waals surface area contributed by atoms with E-state index in [0.29, 0.717) is 5.69 Å². The third-order valence-corrected chi connectivity index (χ3v) is 2.04. The lowest BCUT2D eigenvalue weighted by Crippen LogP contribution is -2.05. The molecule has 0 aromatic heterocycles. The number of anilines is 1. The van der Waals surface area contributed by atoms with Crippen molar-refractivity contribution in [3.8, 4) is 0 Å². The second-order valence-corrected chi connectivity index (χ2v) is 3.01. The van der Waals surface area contributed by atoms with Crippen molar-refractivity contribution >= 4 is 17.8 Å². The van der Waals surface area contributed by atoms with Crippen LogP contribution in [0.3, 0.4) is 0 Å². The molecule has 0 saturated carbocycles. The minimum atomic E-state index is -0.569. The third kappa shape index (κ3) is 1.75. The lowest BCUT2D eigenvalue weighted by Gasteiger charge is -2.05. The summed E-state index contributed by atoms with van der Waals surface area (Å²) in [5, 5.41) is 0. The summed E-state index contributed by atoms with van der Waals surface area (Å²) < 4.78 is 0. The van der Waals surface area contributed by atoms with E-state index in [4.69, 9.17) is 5.73 Å². The van der Waals surface area contributed by atoms with Gasteiger partial charge in [0.05, 0.1) is 0 Å². The molecule has 0 heterocycles. The lowest BCUT2D eigenvalue weighted by atomic mass is 10.0. The first-order valence-corrected chi connectivity index (χ1v) is 3.92. The number of hydrogen-bond donors (Lipinski definition) is 1. The Labute approximate surface area is 76.6 Å². The van der Waals surface area contributed by atoms with E-state index >= 15 is 0 Å². The van der Waals surface area contributed by atoms with Crippen molar-refractivity contribution in [3.63, 3.8) is 0 Å². The number of ketones is 1. The molecule has 0 aliphatic heterocycles. The number of nitrogens with two attached hydrogens (primary N) is 1. The molecule has 1 aromatic rings. The molecule has 1 rings (SSSR count). The lowest BCUT2D eigenvalue weighted by molar-refractivity contribution is -0.104. The van der Waals surface area contributed by atoms with Crippen LogP contribution in [-0.4, -0.2) is 12.1 Å². The standard InChI is InChI=1S/C10H11NO2/c1-6-3-8(10(13)5-12)9(11)4-7(6)2/h3-5H,11H2,1-2H3. The second kappa shape index (κ2) is 3.39. The van der Waals surface area contributed by atoms with Crippen LogP contribution in [-0.2, 0) is 4.79 Å². The van der Waals surface area contributed by atoms with Crippen LogP contribution >= 0.6 is 0 Å². The van der Waals surface area contributed by atoms with Crippen LogP contribution in [0.5, 0.6) is 0 Å². The van der Waals surface area contributed by atoms with E-state index < -0.39 is 5.78 Å². The third-order valence-electron chi connectivity index (χ3n) is 2.04. The first-order valence-electron chi connectivity index (χ1n) is 3.92. The molecule has 68 valence electrons. The summed E-state index contributed by atoms with van der Waals surface area (Å²) in [6, 6.07) is 3.34. The van der Waals surface area contributed by atoms with E-state index in [-0.39, 0.29) is 11.8 Å². The summed E-state index contributed by atoms with van der Waals surface area (Å²) in [6.07, 6.45) is 0.278. The zero-order valence-corrected chi connectivity index (χ0v) is 7.63. The van der Waals surface area contributed by atoms with Crippen LogP contribution in [0.2, 0.25) is 0 Å². The summed E-state index contributed by atoms with van der Waals surface area (Å²) in [4.78, 5) is 21.3. The molecule has 3 heteroatoms. The number of carbonyl (C=O) groups is 2. The van der Waals surface area contributed by atoms with Gasteiger partial charge in [0.2, 0.25) is 5.78 Å². The molecule has 0 radical (unpaired) electrons. The van der Waals surface area contributed by atoms with Crippen molar-refractivity contribution in [1.29, 1.82) is 0 Å². The summed E-state index contributed by atoms with van der Waals surface area (Å²) in [5.74, 6) is -0.569. The van der Waals surface area contributed by atoms with Gasteiger partial charge in [0.25, 0.3) is 0 Å². The van der Waals surface area contributed by atoms with Gasteiger partial charge in [-0.25, -0.2) is 0 Å². The first-order chi connectivity index (χ1) is 6.06. The van der Waals surface area contributed by atoms with Gasteiger partial charge in [-0.3, -0.25) is 9.59 Å². The van der Waals surface area contributed by atoms with Gasteiger partial charge in [0.15, 0.2) is 6.29 Å². The summed E-state index contributed by atoms with van der Waals surface area (Å²) in [6.45, 7) is 3.78. The van der Waals surface area contributed by atoms with Gasteiger partial charge < -0.3 is 5.73 Å². The average molecular weight is 177 g/mol. The summed E-state index contributed by atoms with van der Waals surface area (Å²) in [5.41, 5.74) is 8.21. The zero-order valence-electron chi connectivity index (χ0n) is 7.63. The first kappa shape index (κ1) is 9.45. The smallest absolute Gasteiger partial charge is 0.227 e. The molecule has 2 N–H and O–H groups in total. The molecule has 0 spiro atoms. The molecule has 0 fully saturated rings. The predicted molar refractivity (Wildman–Crippen MR) is 50.7 cm³/mol. The van der Waals surface area contributed by atoms with E-state index in [1.165, 1.54) is 0 Å². The van der Waals surface area contributed by atoms with Crippen LogP contribution in [0.15, 0.2) is 12.1 Å². The number of aryl methyl sites for hydroxylation is 2. The molecule has 3 nitrogen and oxygen atoms in total. The monoisotopic (exact) mass is 177 g/mol. The summed E-state index contributed by atoms with van der Waals surface area (Å²) >= 11 is 0. The molecular formula is C10H11NO2. The van der Waals surface area contributed by atoms with Crippen LogP contribution in [0, 0.1) is 13.8 Å². The maximum atomic E-state index is 11.0. The molecule has 0 bridgehead atoms. The molecule has 0 amide bonds. The van der Waals surface area contributed by atoms with Crippen molar-refractivity contribution < 1.29 is 9.59 Å². The Morgan fingerprint density at radius 1 is 1.31 bits per heavy atom.